The van der Waals surface area contributed by atoms with Gasteiger partial charge in [0.25, 0.3) is 0 Å². The molecule has 0 unspecified atom stereocenters. The summed E-state index contributed by atoms with van der Waals surface area (Å²) in [7, 11) is 1.51. The average molecular weight is 546 g/mol. The topological polar surface area (TPSA) is 59.0 Å². The molecule has 5 nitrogen and oxygen atoms in total. The number of piperidine rings is 1. The third kappa shape index (κ3) is 6.25. The maximum atomic E-state index is 14.1. The first-order chi connectivity index (χ1) is 18.6. The third-order valence-corrected chi connectivity index (χ3v) is 7.34. The molecule has 39 heavy (non-hydrogen) atoms. The number of ether oxygens (including phenoxy) is 2. The first-order valence-electron chi connectivity index (χ1n) is 12.8. The lowest BCUT2D eigenvalue weighted by atomic mass is 9.72. The molecule has 0 spiro atoms. The molecule has 0 amide bonds. The van der Waals surface area contributed by atoms with Gasteiger partial charge in [0.15, 0.2) is 40.6 Å². The van der Waals surface area contributed by atoms with Crippen LogP contribution in [-0.4, -0.2) is 49.1 Å². The number of carbonyl (C=O) groups is 1. The molecule has 3 aromatic carbocycles. The zero-order valence-electron chi connectivity index (χ0n) is 21.9. The summed E-state index contributed by atoms with van der Waals surface area (Å²) < 4.78 is 66.7. The molecule has 1 heterocycles. The molecule has 0 bridgehead atoms. The molecule has 0 radical (unpaired) electrons. The molecule has 0 atom stereocenters. The van der Waals surface area contributed by atoms with Gasteiger partial charge in [-0.3, -0.25) is 4.79 Å². The van der Waals surface area contributed by atoms with Gasteiger partial charge in [-0.05, 0) is 98.8 Å². The van der Waals surface area contributed by atoms with Gasteiger partial charge in [-0.1, -0.05) is 12.1 Å². The van der Waals surface area contributed by atoms with Gasteiger partial charge in [0.2, 0.25) is 0 Å². The Bertz CT molecular complexity index is 1270. The van der Waals surface area contributed by atoms with Crippen LogP contribution in [0.4, 0.5) is 17.6 Å². The van der Waals surface area contributed by atoms with Crippen molar-refractivity contribution in [2.75, 3.05) is 33.4 Å². The summed E-state index contributed by atoms with van der Waals surface area (Å²) in [5.41, 5.74) is -1.12. The van der Waals surface area contributed by atoms with Gasteiger partial charge in [0.05, 0.1) is 13.7 Å². The molecular formula is C30H31F4NO4. The lowest BCUT2D eigenvalue weighted by molar-refractivity contribution is -0.0151. The van der Waals surface area contributed by atoms with E-state index in [2.05, 4.69) is 4.90 Å². The van der Waals surface area contributed by atoms with Crippen molar-refractivity contribution < 1.29 is 36.9 Å². The summed E-state index contributed by atoms with van der Waals surface area (Å²) in [6, 6.07) is 11.3. The first kappa shape index (κ1) is 28.6. The number of methoxy groups -OCH3 is 1. The number of hydrogen-bond donors (Lipinski definition) is 1. The van der Waals surface area contributed by atoms with E-state index < -0.39 is 34.8 Å². The first-order valence-corrected chi connectivity index (χ1v) is 12.8. The van der Waals surface area contributed by atoms with Crippen molar-refractivity contribution in [2.24, 2.45) is 5.92 Å². The molecular weight excluding hydrogens is 514 g/mol. The second kappa shape index (κ2) is 12.2. The van der Waals surface area contributed by atoms with Gasteiger partial charge in [-0.25, -0.2) is 17.6 Å². The highest BCUT2D eigenvalue weighted by Crippen LogP contribution is 2.42. The van der Waals surface area contributed by atoms with Crippen LogP contribution in [0.3, 0.4) is 0 Å². The lowest BCUT2D eigenvalue weighted by Crippen LogP contribution is -2.44. The van der Waals surface area contributed by atoms with E-state index in [1.54, 1.807) is 18.2 Å². The van der Waals surface area contributed by atoms with Crippen molar-refractivity contribution in [3.63, 3.8) is 0 Å². The predicted octanol–water partition coefficient (Wildman–Crippen LogP) is 5.87. The van der Waals surface area contributed by atoms with Crippen LogP contribution >= 0.6 is 0 Å². The Morgan fingerprint density at radius 2 is 1.49 bits per heavy atom. The Kier molecular flexibility index (Phi) is 8.92. The zero-order valence-corrected chi connectivity index (χ0v) is 21.9. The van der Waals surface area contributed by atoms with Crippen LogP contribution in [0.15, 0.2) is 54.6 Å². The van der Waals surface area contributed by atoms with Crippen molar-refractivity contribution in [1.82, 2.24) is 4.90 Å². The summed E-state index contributed by atoms with van der Waals surface area (Å²) in [5, 5.41) is 11.9. The lowest BCUT2D eigenvalue weighted by Gasteiger charge is -2.42. The predicted molar refractivity (Wildman–Crippen MR) is 138 cm³/mol. The smallest absolute Gasteiger partial charge is 0.161 e. The van der Waals surface area contributed by atoms with E-state index in [4.69, 9.17) is 9.47 Å². The van der Waals surface area contributed by atoms with Crippen LogP contribution < -0.4 is 9.47 Å². The molecule has 1 N–H and O–H groups in total. The van der Waals surface area contributed by atoms with Crippen LogP contribution in [0.25, 0.3) is 0 Å². The molecule has 1 aliphatic rings. The molecule has 1 aliphatic heterocycles. The van der Waals surface area contributed by atoms with E-state index in [1.807, 2.05) is 0 Å². The van der Waals surface area contributed by atoms with E-state index in [0.717, 1.165) is 30.8 Å². The summed E-state index contributed by atoms with van der Waals surface area (Å²) in [5.74, 6) is -3.85. The van der Waals surface area contributed by atoms with Crippen molar-refractivity contribution in [3.8, 4) is 11.5 Å². The minimum atomic E-state index is -1.83. The number of benzene rings is 3. The van der Waals surface area contributed by atoms with Gasteiger partial charge in [-0.2, -0.15) is 0 Å². The van der Waals surface area contributed by atoms with Gasteiger partial charge < -0.3 is 19.5 Å². The normalized spacial score (nSPS) is 14.8. The van der Waals surface area contributed by atoms with Crippen LogP contribution in [0, 0.1) is 29.2 Å². The zero-order chi connectivity index (χ0) is 28.2. The molecule has 9 heteroatoms. The Morgan fingerprint density at radius 1 is 0.897 bits per heavy atom. The number of carbonyl (C=O) groups excluding carboxylic acids is 1. The minimum absolute atomic E-state index is 0.0655. The highest BCUT2D eigenvalue weighted by atomic mass is 19.2. The van der Waals surface area contributed by atoms with E-state index in [-0.39, 0.29) is 16.9 Å². The maximum absolute atomic E-state index is 14.1. The minimum Gasteiger partial charge on any atom is -0.493 e. The van der Waals surface area contributed by atoms with Crippen molar-refractivity contribution in [1.29, 1.82) is 0 Å². The number of halogens is 4. The third-order valence-electron chi connectivity index (χ3n) is 7.34. The summed E-state index contributed by atoms with van der Waals surface area (Å²) in [4.78, 5) is 13.8. The quantitative estimate of drug-likeness (QED) is 0.196. The SMILES string of the molecule is COc1cc(C(C)=O)ccc1OCCCN1CCC(C(O)(c2ccc(F)c(F)c2)c2ccc(F)c(F)c2)CC1. The van der Waals surface area contributed by atoms with E-state index in [1.165, 1.54) is 26.2 Å². The Balaban J connectivity index is 1.40. The molecule has 0 saturated carbocycles. The number of aliphatic hydroxyl groups is 1. The van der Waals surface area contributed by atoms with E-state index in [0.29, 0.717) is 56.0 Å². The molecule has 0 aromatic heterocycles. The summed E-state index contributed by atoms with van der Waals surface area (Å²) in [6.07, 6.45) is 1.70. The second-order valence-electron chi connectivity index (χ2n) is 9.76. The molecule has 1 fully saturated rings. The van der Waals surface area contributed by atoms with Crippen LogP contribution in [0.1, 0.15) is 47.7 Å². The number of Topliss-reactive ketones (excluding diaryl/α,β-unsaturated/α-hetero) is 1. The van der Waals surface area contributed by atoms with E-state index >= 15 is 0 Å². The fourth-order valence-corrected chi connectivity index (χ4v) is 5.15. The number of nitrogens with zero attached hydrogens (tertiary/aromatic N) is 1. The van der Waals surface area contributed by atoms with Crippen LogP contribution in [-0.2, 0) is 5.60 Å². The molecule has 4 rings (SSSR count). The van der Waals surface area contributed by atoms with Gasteiger partial charge in [0, 0.05) is 12.1 Å². The number of ketones is 1. The van der Waals surface area contributed by atoms with Gasteiger partial charge >= 0.3 is 0 Å². The monoisotopic (exact) mass is 545 g/mol. The van der Waals surface area contributed by atoms with E-state index in [9.17, 15) is 27.5 Å². The van der Waals surface area contributed by atoms with Crippen molar-refractivity contribution in [2.45, 2.75) is 31.8 Å². The van der Waals surface area contributed by atoms with Crippen LogP contribution in [0.2, 0.25) is 0 Å². The fourth-order valence-electron chi connectivity index (χ4n) is 5.15. The van der Waals surface area contributed by atoms with Crippen molar-refractivity contribution in [3.05, 3.63) is 94.6 Å². The fraction of sp³-hybridized carbons (Fsp3) is 0.367. The average Bonchev–Trinajstić information content (AvgIpc) is 2.93. The van der Waals surface area contributed by atoms with Crippen molar-refractivity contribution >= 4 is 5.78 Å². The Morgan fingerprint density at radius 3 is 2.00 bits per heavy atom. The highest BCUT2D eigenvalue weighted by molar-refractivity contribution is 5.94. The van der Waals surface area contributed by atoms with Gasteiger partial charge in [-0.15, -0.1) is 0 Å². The van der Waals surface area contributed by atoms with Crippen LogP contribution in [0.5, 0.6) is 11.5 Å². The Labute approximate surface area is 225 Å². The molecule has 1 saturated heterocycles. The van der Waals surface area contributed by atoms with Gasteiger partial charge in [0.1, 0.15) is 5.60 Å². The highest BCUT2D eigenvalue weighted by Gasteiger charge is 2.42. The molecule has 208 valence electrons. The number of likely N-dealkylation sites (tertiary alicyclic amines) is 1. The summed E-state index contributed by atoms with van der Waals surface area (Å²) >= 11 is 0. The second-order valence-corrected chi connectivity index (χ2v) is 9.76. The Hall–Kier alpha value is -3.43. The standard InChI is InChI=1S/C30H31F4NO4/c1-19(36)20-4-9-28(29(16-20)38-2)39-15-3-12-35-13-10-21(11-14-35)30(37,22-5-7-24(31)26(33)17-22)23-6-8-25(32)27(34)18-23/h4-9,16-18,21,37H,3,10-15H2,1-2H3. The molecule has 0 aliphatic carbocycles. The maximum Gasteiger partial charge on any atom is 0.161 e. The number of hydrogen-bond acceptors (Lipinski definition) is 5. The summed E-state index contributed by atoms with van der Waals surface area (Å²) in [6.45, 7) is 3.84. The largest absolute Gasteiger partial charge is 0.493 e. The molecule has 3 aromatic rings. The number of rotatable bonds is 10.